The number of imidazole rings is 1. The Hall–Kier alpha value is -6.75. The Labute approximate surface area is 316 Å². The van der Waals surface area contributed by atoms with Gasteiger partial charge in [0, 0.05) is 0 Å². The fourth-order valence-corrected chi connectivity index (χ4v) is 13.2. The zero-order valence-corrected chi connectivity index (χ0v) is 30.6. The number of para-hydroxylation sites is 2. The topological polar surface area (TPSA) is 27.1 Å². The van der Waals surface area contributed by atoms with Gasteiger partial charge in [-0.3, -0.25) is 4.57 Å². The van der Waals surface area contributed by atoms with E-state index in [1.165, 1.54) is 43.0 Å². The highest BCUT2D eigenvalue weighted by Crippen LogP contribution is 2.36. The lowest BCUT2D eigenvalue weighted by Gasteiger charge is -2.35. The first kappa shape index (κ1) is 31.9. The van der Waals surface area contributed by atoms with Crippen LogP contribution in [0.15, 0.2) is 206 Å². The summed E-state index contributed by atoms with van der Waals surface area (Å²) in [4.78, 5) is 4.90. The van der Waals surface area contributed by atoms with Crippen LogP contribution in [0.1, 0.15) is 5.82 Å². The minimum atomic E-state index is -2.94. The predicted octanol–water partition coefficient (Wildman–Crippen LogP) is 9.30. The molecule has 0 amide bonds. The van der Waals surface area contributed by atoms with E-state index in [4.69, 9.17) is 9.72 Å². The first-order valence-electron chi connectivity index (χ1n) is 18.5. The van der Waals surface area contributed by atoms with Crippen molar-refractivity contribution in [1.82, 2.24) is 9.55 Å². The lowest BCUT2D eigenvalue weighted by atomic mass is 10.0. The molecule has 0 radical (unpaired) electrons. The van der Waals surface area contributed by atoms with Crippen LogP contribution in [0, 0.1) is 0 Å². The SMILES string of the molecule is c1ccc(-c2cccc([Si](c3ccccc3)(c3cccc(-c4ccccc4)c3)c3cccc(-c4ccc5c(c4)-n4c(nc6ccccc64)CO5)c3)c2)cc1. The highest BCUT2D eigenvalue weighted by Gasteiger charge is 2.42. The summed E-state index contributed by atoms with van der Waals surface area (Å²) in [5, 5.41) is 5.34. The Morgan fingerprint density at radius 2 is 0.870 bits per heavy atom. The molecule has 0 saturated heterocycles. The summed E-state index contributed by atoms with van der Waals surface area (Å²) in [6.45, 7) is 0.450. The van der Waals surface area contributed by atoms with Crippen LogP contribution in [0.25, 0.3) is 50.1 Å². The largest absolute Gasteiger partial charge is 0.483 e. The van der Waals surface area contributed by atoms with Gasteiger partial charge in [0.1, 0.15) is 12.4 Å². The van der Waals surface area contributed by atoms with Gasteiger partial charge in [-0.05, 0) is 78.4 Å². The molecule has 54 heavy (non-hydrogen) atoms. The predicted molar refractivity (Wildman–Crippen MR) is 225 cm³/mol. The summed E-state index contributed by atoms with van der Waals surface area (Å²) in [5.74, 6) is 1.79. The Balaban J connectivity index is 1.22. The summed E-state index contributed by atoms with van der Waals surface area (Å²) < 4.78 is 8.50. The van der Waals surface area contributed by atoms with E-state index in [2.05, 4.69) is 205 Å². The number of aromatic nitrogens is 2. The Morgan fingerprint density at radius 1 is 0.407 bits per heavy atom. The molecule has 0 bridgehead atoms. The summed E-state index contributed by atoms with van der Waals surface area (Å²) in [7, 11) is -2.94. The first-order chi connectivity index (χ1) is 26.8. The number of rotatable bonds is 7. The third-order valence-electron chi connectivity index (χ3n) is 10.8. The van der Waals surface area contributed by atoms with Crippen LogP contribution in [0.3, 0.4) is 0 Å². The van der Waals surface area contributed by atoms with Gasteiger partial charge in [0.25, 0.3) is 0 Å². The zero-order chi connectivity index (χ0) is 35.9. The van der Waals surface area contributed by atoms with E-state index in [-0.39, 0.29) is 0 Å². The molecule has 256 valence electrons. The van der Waals surface area contributed by atoms with E-state index in [1.54, 1.807) is 0 Å². The average Bonchev–Trinajstić information content (AvgIpc) is 3.65. The van der Waals surface area contributed by atoms with Gasteiger partial charge in [0.05, 0.1) is 16.7 Å². The molecular formula is C50H36N2OSi. The molecule has 2 heterocycles. The van der Waals surface area contributed by atoms with Crippen molar-refractivity contribution in [3.05, 3.63) is 212 Å². The minimum Gasteiger partial charge on any atom is -0.483 e. The molecule has 1 aliphatic heterocycles. The van der Waals surface area contributed by atoms with E-state index in [0.717, 1.165) is 39.4 Å². The second kappa shape index (κ2) is 13.3. The molecule has 1 aromatic heterocycles. The number of hydrogen-bond donors (Lipinski definition) is 0. The van der Waals surface area contributed by atoms with Crippen LogP contribution in [0.2, 0.25) is 0 Å². The van der Waals surface area contributed by atoms with Gasteiger partial charge >= 0.3 is 0 Å². The van der Waals surface area contributed by atoms with Crippen LogP contribution in [0.5, 0.6) is 5.75 Å². The third kappa shape index (κ3) is 5.39. The van der Waals surface area contributed by atoms with Crippen molar-refractivity contribution in [1.29, 1.82) is 0 Å². The van der Waals surface area contributed by atoms with Crippen molar-refractivity contribution in [2.24, 2.45) is 0 Å². The molecule has 4 heteroatoms. The van der Waals surface area contributed by atoms with Gasteiger partial charge < -0.3 is 4.74 Å². The molecule has 1 aliphatic rings. The molecule has 10 rings (SSSR count). The monoisotopic (exact) mass is 708 g/mol. The van der Waals surface area contributed by atoms with E-state index < -0.39 is 8.07 Å². The van der Waals surface area contributed by atoms with Crippen LogP contribution < -0.4 is 25.5 Å². The lowest BCUT2D eigenvalue weighted by molar-refractivity contribution is 0.281. The summed E-state index contributed by atoms with van der Waals surface area (Å²) in [5.41, 5.74) is 10.2. The Morgan fingerprint density at radius 3 is 1.46 bits per heavy atom. The van der Waals surface area contributed by atoms with Crippen molar-refractivity contribution in [3.63, 3.8) is 0 Å². The van der Waals surface area contributed by atoms with Crippen molar-refractivity contribution < 1.29 is 4.74 Å². The van der Waals surface area contributed by atoms with Gasteiger partial charge in [0.2, 0.25) is 0 Å². The highest BCUT2D eigenvalue weighted by molar-refractivity contribution is 7.20. The molecule has 3 nitrogen and oxygen atoms in total. The molecular weight excluding hydrogens is 673 g/mol. The van der Waals surface area contributed by atoms with E-state index >= 15 is 0 Å². The maximum Gasteiger partial charge on any atom is 0.179 e. The van der Waals surface area contributed by atoms with Crippen LogP contribution >= 0.6 is 0 Å². The molecule has 0 fully saturated rings. The maximum absolute atomic E-state index is 6.24. The standard InChI is InChI=1S/C50H36N2OSi/c1-4-15-36(16-5-1)38-19-12-24-43(31-38)54(42-22-8-3-9-23-42,44-25-13-20-39(32-44)37-17-6-2-7-18-37)45-26-14-21-40(33-45)41-29-30-49-48(34-41)52-47-28-11-10-27-46(47)51-50(52)35-53-49/h1-34H,35H2. The van der Waals surface area contributed by atoms with Gasteiger partial charge in [-0.2, -0.15) is 0 Å². The second-order valence-corrected chi connectivity index (χ2v) is 17.7. The normalized spacial score (nSPS) is 12.1. The van der Waals surface area contributed by atoms with Gasteiger partial charge in [-0.1, -0.05) is 182 Å². The molecule has 0 unspecified atom stereocenters. The van der Waals surface area contributed by atoms with Gasteiger partial charge in [-0.25, -0.2) is 4.98 Å². The number of nitrogens with zero attached hydrogens (tertiary/aromatic N) is 2. The highest BCUT2D eigenvalue weighted by atomic mass is 28.3. The van der Waals surface area contributed by atoms with Crippen LogP contribution in [-0.2, 0) is 6.61 Å². The fraction of sp³-hybridized carbons (Fsp3) is 0.0200. The van der Waals surface area contributed by atoms with Crippen LogP contribution in [0.4, 0.5) is 0 Å². The third-order valence-corrected chi connectivity index (χ3v) is 15.6. The lowest BCUT2D eigenvalue weighted by Crippen LogP contribution is -2.74. The first-order valence-corrected chi connectivity index (χ1v) is 20.5. The molecule has 9 aromatic rings. The summed E-state index contributed by atoms with van der Waals surface area (Å²) in [6.07, 6.45) is 0. The van der Waals surface area contributed by atoms with Crippen molar-refractivity contribution in [2.45, 2.75) is 6.61 Å². The Kier molecular flexibility index (Phi) is 7.89. The fourth-order valence-electron chi connectivity index (χ4n) is 8.32. The number of fused-ring (bicyclic) bond motifs is 5. The van der Waals surface area contributed by atoms with E-state index in [9.17, 15) is 0 Å². The van der Waals surface area contributed by atoms with Crippen molar-refractivity contribution >= 4 is 39.9 Å². The van der Waals surface area contributed by atoms with E-state index in [1.807, 2.05) is 6.07 Å². The Bertz CT molecular complexity index is 2690. The van der Waals surface area contributed by atoms with Crippen LogP contribution in [-0.4, -0.2) is 17.6 Å². The summed E-state index contributed by atoms with van der Waals surface area (Å²) in [6, 6.07) is 75.4. The quantitative estimate of drug-likeness (QED) is 0.122. The zero-order valence-electron chi connectivity index (χ0n) is 29.6. The number of ether oxygens (including phenoxy) is 1. The molecule has 0 spiro atoms. The maximum atomic E-state index is 6.24. The molecule has 0 saturated carbocycles. The number of hydrogen-bond acceptors (Lipinski definition) is 2. The van der Waals surface area contributed by atoms with Crippen molar-refractivity contribution in [3.8, 4) is 44.8 Å². The van der Waals surface area contributed by atoms with E-state index in [0.29, 0.717) is 6.61 Å². The molecule has 0 aliphatic carbocycles. The molecule has 0 N–H and O–H groups in total. The average molecular weight is 709 g/mol. The molecule has 8 aromatic carbocycles. The number of benzene rings is 8. The smallest absolute Gasteiger partial charge is 0.179 e. The molecule has 0 atom stereocenters. The second-order valence-electron chi connectivity index (χ2n) is 13.9. The van der Waals surface area contributed by atoms with Gasteiger partial charge in [0.15, 0.2) is 13.9 Å². The minimum absolute atomic E-state index is 0.450. The van der Waals surface area contributed by atoms with Crippen molar-refractivity contribution in [2.75, 3.05) is 0 Å². The summed E-state index contributed by atoms with van der Waals surface area (Å²) >= 11 is 0. The van der Waals surface area contributed by atoms with Gasteiger partial charge in [-0.15, -0.1) is 0 Å².